The second kappa shape index (κ2) is 10.2. The van der Waals surface area contributed by atoms with Gasteiger partial charge in [-0.2, -0.15) is 0 Å². The molecule has 0 aliphatic carbocycles. The molecule has 2 aromatic carbocycles. The molecule has 1 fully saturated rings. The van der Waals surface area contributed by atoms with Crippen molar-refractivity contribution in [1.82, 2.24) is 5.32 Å². The van der Waals surface area contributed by atoms with Gasteiger partial charge in [-0.05, 0) is 55.0 Å². The number of halogens is 1. The van der Waals surface area contributed by atoms with Crippen LogP contribution in [0, 0.1) is 5.92 Å². The molecular formula is C23H29ClN2OS. The van der Waals surface area contributed by atoms with Crippen LogP contribution in [0.1, 0.15) is 43.9 Å². The van der Waals surface area contributed by atoms with Crippen LogP contribution in [0.5, 0.6) is 0 Å². The average Bonchev–Trinajstić information content (AvgIpc) is 2.69. The molecule has 28 heavy (non-hydrogen) atoms. The van der Waals surface area contributed by atoms with Crippen molar-refractivity contribution in [3.8, 4) is 0 Å². The molecule has 1 heterocycles. The molecule has 1 N–H and O–H groups in total. The van der Waals surface area contributed by atoms with E-state index in [9.17, 15) is 4.79 Å². The van der Waals surface area contributed by atoms with Crippen LogP contribution < -0.4 is 10.2 Å². The molecule has 0 bridgehead atoms. The number of carbonyl (C=O) groups is 1. The van der Waals surface area contributed by atoms with E-state index < -0.39 is 0 Å². The molecule has 2 atom stereocenters. The van der Waals surface area contributed by atoms with Gasteiger partial charge in [0.2, 0.25) is 5.91 Å². The lowest BCUT2D eigenvalue weighted by Crippen LogP contribution is -2.34. The lowest BCUT2D eigenvalue weighted by molar-refractivity contribution is -0.119. The Hall–Kier alpha value is -1.65. The summed E-state index contributed by atoms with van der Waals surface area (Å²) >= 11 is 7.75. The number of nitrogens with zero attached hydrogens (tertiary/aromatic N) is 1. The normalized spacial score (nSPS) is 18.0. The SMILES string of the molecule is CC1CCCN(c2ccc(C(C)NC(=O)CSCc3ccccc3Cl)cc2)C1. The van der Waals surface area contributed by atoms with Gasteiger partial charge in [0.05, 0.1) is 11.8 Å². The van der Waals surface area contributed by atoms with Crippen LogP contribution in [0.3, 0.4) is 0 Å². The zero-order valence-corrected chi connectivity index (χ0v) is 18.2. The number of rotatable bonds is 7. The van der Waals surface area contributed by atoms with Crippen molar-refractivity contribution in [3.05, 3.63) is 64.7 Å². The summed E-state index contributed by atoms with van der Waals surface area (Å²) in [5.74, 6) is 1.98. The fraction of sp³-hybridized carbons (Fsp3) is 0.435. The van der Waals surface area contributed by atoms with E-state index in [-0.39, 0.29) is 11.9 Å². The third-order valence-electron chi connectivity index (χ3n) is 5.24. The summed E-state index contributed by atoms with van der Waals surface area (Å²) in [6, 6.07) is 16.4. The Morgan fingerprint density at radius 3 is 2.71 bits per heavy atom. The van der Waals surface area contributed by atoms with E-state index >= 15 is 0 Å². The maximum absolute atomic E-state index is 12.3. The zero-order valence-electron chi connectivity index (χ0n) is 16.7. The first-order chi connectivity index (χ1) is 13.5. The molecule has 0 aromatic heterocycles. The summed E-state index contributed by atoms with van der Waals surface area (Å²) in [7, 11) is 0. The van der Waals surface area contributed by atoms with Gasteiger partial charge in [-0.3, -0.25) is 4.79 Å². The Labute approximate surface area is 177 Å². The van der Waals surface area contributed by atoms with Gasteiger partial charge in [0.25, 0.3) is 0 Å². The molecular weight excluding hydrogens is 388 g/mol. The Morgan fingerprint density at radius 1 is 1.25 bits per heavy atom. The van der Waals surface area contributed by atoms with Crippen molar-refractivity contribution < 1.29 is 4.79 Å². The summed E-state index contributed by atoms with van der Waals surface area (Å²) in [5.41, 5.74) is 3.49. The number of piperidine rings is 1. The van der Waals surface area contributed by atoms with Gasteiger partial charge in [0.1, 0.15) is 0 Å². The number of thioether (sulfide) groups is 1. The van der Waals surface area contributed by atoms with Crippen LogP contribution in [-0.2, 0) is 10.5 Å². The largest absolute Gasteiger partial charge is 0.371 e. The maximum atomic E-state index is 12.3. The third-order valence-corrected chi connectivity index (χ3v) is 6.59. The number of anilines is 1. The molecule has 2 aromatic rings. The molecule has 1 aliphatic rings. The molecule has 3 nitrogen and oxygen atoms in total. The lowest BCUT2D eigenvalue weighted by Gasteiger charge is -2.33. The number of amides is 1. The Morgan fingerprint density at radius 2 is 2.00 bits per heavy atom. The van der Waals surface area contributed by atoms with Gasteiger partial charge in [0, 0.05) is 29.6 Å². The first-order valence-corrected chi connectivity index (χ1v) is 11.5. The number of carbonyl (C=O) groups excluding carboxylic acids is 1. The van der Waals surface area contributed by atoms with Gasteiger partial charge in [-0.25, -0.2) is 0 Å². The monoisotopic (exact) mass is 416 g/mol. The van der Waals surface area contributed by atoms with E-state index in [2.05, 4.69) is 41.4 Å². The standard InChI is InChI=1S/C23H29ClN2OS/c1-17-6-5-13-26(14-17)21-11-9-19(10-12-21)18(2)25-23(27)16-28-15-20-7-3-4-8-22(20)24/h3-4,7-12,17-18H,5-6,13-16H2,1-2H3,(H,25,27). The van der Waals surface area contributed by atoms with Crippen LogP contribution in [0.2, 0.25) is 5.02 Å². The molecule has 150 valence electrons. The van der Waals surface area contributed by atoms with Crippen molar-refractivity contribution in [1.29, 1.82) is 0 Å². The van der Waals surface area contributed by atoms with E-state index in [1.54, 1.807) is 11.8 Å². The van der Waals surface area contributed by atoms with Crippen LogP contribution in [-0.4, -0.2) is 24.7 Å². The predicted molar refractivity (Wildman–Crippen MR) is 121 cm³/mol. The van der Waals surface area contributed by atoms with Crippen LogP contribution in [0.25, 0.3) is 0 Å². The highest BCUT2D eigenvalue weighted by Gasteiger charge is 2.17. The molecule has 3 rings (SSSR count). The number of benzene rings is 2. The maximum Gasteiger partial charge on any atom is 0.230 e. The Balaban J connectivity index is 1.46. The van der Waals surface area contributed by atoms with E-state index in [1.807, 2.05) is 31.2 Å². The van der Waals surface area contributed by atoms with E-state index in [1.165, 1.54) is 18.5 Å². The van der Waals surface area contributed by atoms with Gasteiger partial charge in [0.15, 0.2) is 0 Å². The predicted octanol–water partition coefficient (Wildman–Crippen LogP) is 5.69. The fourth-order valence-electron chi connectivity index (χ4n) is 3.63. The summed E-state index contributed by atoms with van der Waals surface area (Å²) in [5, 5.41) is 3.85. The third kappa shape index (κ3) is 5.92. The summed E-state index contributed by atoms with van der Waals surface area (Å²) in [6.07, 6.45) is 2.59. The topological polar surface area (TPSA) is 32.3 Å². The summed E-state index contributed by atoms with van der Waals surface area (Å²) in [4.78, 5) is 14.7. The molecule has 1 amide bonds. The highest BCUT2D eigenvalue weighted by Crippen LogP contribution is 2.25. The minimum atomic E-state index is 0.00254. The van der Waals surface area contributed by atoms with Crippen molar-refractivity contribution >= 4 is 35.0 Å². The molecule has 1 saturated heterocycles. The lowest BCUT2D eigenvalue weighted by atomic mass is 9.99. The van der Waals surface area contributed by atoms with Gasteiger partial charge >= 0.3 is 0 Å². The van der Waals surface area contributed by atoms with Crippen molar-refractivity contribution in [3.63, 3.8) is 0 Å². The molecule has 0 saturated carbocycles. The first kappa shape index (κ1) is 21.1. The quantitative estimate of drug-likeness (QED) is 0.629. The van der Waals surface area contributed by atoms with Gasteiger partial charge in [-0.1, -0.05) is 48.9 Å². The van der Waals surface area contributed by atoms with Crippen molar-refractivity contribution in [2.75, 3.05) is 23.7 Å². The van der Waals surface area contributed by atoms with Crippen LogP contribution >= 0.6 is 23.4 Å². The highest BCUT2D eigenvalue weighted by molar-refractivity contribution is 7.99. The molecule has 0 radical (unpaired) electrons. The van der Waals surface area contributed by atoms with E-state index in [4.69, 9.17) is 11.6 Å². The van der Waals surface area contributed by atoms with E-state index in [0.717, 1.165) is 40.9 Å². The Kier molecular flexibility index (Phi) is 7.69. The second-order valence-electron chi connectivity index (χ2n) is 7.66. The van der Waals surface area contributed by atoms with Crippen molar-refractivity contribution in [2.45, 2.75) is 38.5 Å². The zero-order chi connectivity index (χ0) is 19.9. The van der Waals surface area contributed by atoms with Crippen molar-refractivity contribution in [2.24, 2.45) is 5.92 Å². The highest BCUT2D eigenvalue weighted by atomic mass is 35.5. The molecule has 0 spiro atoms. The summed E-state index contributed by atoms with van der Waals surface area (Å²) < 4.78 is 0. The average molecular weight is 417 g/mol. The van der Waals surface area contributed by atoms with Gasteiger partial charge in [-0.15, -0.1) is 11.8 Å². The summed E-state index contributed by atoms with van der Waals surface area (Å²) in [6.45, 7) is 6.63. The minimum absolute atomic E-state index is 0.00254. The fourth-order valence-corrected chi connectivity index (χ4v) is 4.76. The minimum Gasteiger partial charge on any atom is -0.371 e. The first-order valence-electron chi connectivity index (χ1n) is 9.98. The van der Waals surface area contributed by atoms with Crippen LogP contribution in [0.4, 0.5) is 5.69 Å². The van der Waals surface area contributed by atoms with E-state index in [0.29, 0.717) is 5.75 Å². The van der Waals surface area contributed by atoms with Gasteiger partial charge < -0.3 is 10.2 Å². The smallest absolute Gasteiger partial charge is 0.230 e. The molecule has 2 unspecified atom stereocenters. The number of hydrogen-bond acceptors (Lipinski definition) is 3. The van der Waals surface area contributed by atoms with Crippen LogP contribution in [0.15, 0.2) is 48.5 Å². The molecule has 1 aliphatic heterocycles. The second-order valence-corrected chi connectivity index (χ2v) is 9.05. The molecule has 5 heteroatoms. The Bertz CT molecular complexity index is 780. The number of hydrogen-bond donors (Lipinski definition) is 1. The number of nitrogens with one attached hydrogen (secondary N) is 1.